The number of ketones is 1. The lowest BCUT2D eigenvalue weighted by molar-refractivity contribution is -0.117. The fourth-order valence-corrected chi connectivity index (χ4v) is 0.533. The maximum absolute atomic E-state index is 10.4. The van der Waals surface area contributed by atoms with Gasteiger partial charge in [0.25, 0.3) is 0 Å². The van der Waals surface area contributed by atoms with Crippen molar-refractivity contribution in [3.05, 3.63) is 0 Å². The van der Waals surface area contributed by atoms with E-state index in [0.29, 0.717) is 12.5 Å². The van der Waals surface area contributed by atoms with Crippen LogP contribution in [0.25, 0.3) is 0 Å². The molecule has 8 heavy (non-hydrogen) atoms. The quantitative estimate of drug-likeness (QED) is 0.582. The molecule has 2 heteroatoms. The predicted octanol–water partition coefficient (Wildman–Crippen LogP) is 0.573. The van der Waals surface area contributed by atoms with Crippen molar-refractivity contribution in [3.63, 3.8) is 0 Å². The summed E-state index contributed by atoms with van der Waals surface area (Å²) in [6.45, 7) is 3.59. The van der Waals surface area contributed by atoms with E-state index in [-0.39, 0.29) is 5.78 Å². The van der Waals surface area contributed by atoms with Gasteiger partial charge in [-0.05, 0) is 20.9 Å². The maximum Gasteiger partial charge on any atom is 0.131 e. The maximum atomic E-state index is 10.4. The second kappa shape index (κ2) is 3.61. The van der Waals surface area contributed by atoms with Crippen LogP contribution in [0.1, 0.15) is 20.3 Å². The van der Waals surface area contributed by atoms with Crippen LogP contribution in [-0.4, -0.2) is 18.9 Å². The van der Waals surface area contributed by atoms with E-state index in [1.165, 1.54) is 0 Å². The zero-order chi connectivity index (χ0) is 6.57. The molecule has 0 radical (unpaired) electrons. The Hall–Kier alpha value is -0.370. The standard InChI is InChI=1S/C6H13NO/c1-5(7-3)4-6(2)8/h5,7H,4H2,1-3H3/t5-/m0/s1. The van der Waals surface area contributed by atoms with E-state index in [9.17, 15) is 4.79 Å². The molecule has 0 rings (SSSR count). The summed E-state index contributed by atoms with van der Waals surface area (Å²) in [6, 6.07) is 0.326. The summed E-state index contributed by atoms with van der Waals surface area (Å²) in [7, 11) is 1.85. The lowest BCUT2D eigenvalue weighted by Gasteiger charge is -2.04. The summed E-state index contributed by atoms with van der Waals surface area (Å²) in [5.74, 6) is 0.242. The molecule has 0 aromatic carbocycles. The Labute approximate surface area is 50.3 Å². The van der Waals surface area contributed by atoms with Crippen molar-refractivity contribution in [2.24, 2.45) is 0 Å². The van der Waals surface area contributed by atoms with Gasteiger partial charge in [0.1, 0.15) is 5.78 Å². The molecule has 1 atom stereocenters. The first-order chi connectivity index (χ1) is 3.66. The molecule has 48 valence electrons. The second-order valence-electron chi connectivity index (χ2n) is 2.10. The topological polar surface area (TPSA) is 29.1 Å². The van der Waals surface area contributed by atoms with Crippen molar-refractivity contribution in [2.45, 2.75) is 26.3 Å². The molecule has 0 spiro atoms. The molecule has 0 aliphatic heterocycles. The van der Waals surface area contributed by atoms with Crippen LogP contribution in [0.3, 0.4) is 0 Å². The van der Waals surface area contributed by atoms with Gasteiger partial charge in [0.2, 0.25) is 0 Å². The molecular weight excluding hydrogens is 102 g/mol. The Morgan fingerprint density at radius 3 is 2.38 bits per heavy atom. The third-order valence-electron chi connectivity index (χ3n) is 1.09. The second-order valence-corrected chi connectivity index (χ2v) is 2.10. The molecule has 0 aliphatic rings. The number of rotatable bonds is 3. The molecule has 2 nitrogen and oxygen atoms in total. The Bertz CT molecular complexity index is 80.6. The smallest absolute Gasteiger partial charge is 0.131 e. The van der Waals surface area contributed by atoms with Gasteiger partial charge in [-0.1, -0.05) is 0 Å². The molecule has 0 unspecified atom stereocenters. The molecule has 0 heterocycles. The summed E-state index contributed by atoms with van der Waals surface area (Å²) in [5, 5.41) is 2.98. The molecule has 1 N–H and O–H groups in total. The van der Waals surface area contributed by atoms with Crippen molar-refractivity contribution >= 4 is 5.78 Å². The summed E-state index contributed by atoms with van der Waals surface area (Å²) in [4.78, 5) is 10.4. The number of hydrogen-bond donors (Lipinski definition) is 1. The minimum absolute atomic E-state index is 0.242. The van der Waals surface area contributed by atoms with Crippen molar-refractivity contribution < 1.29 is 4.79 Å². The van der Waals surface area contributed by atoms with E-state index < -0.39 is 0 Å². The van der Waals surface area contributed by atoms with E-state index in [1.807, 2.05) is 14.0 Å². The predicted molar refractivity (Wildman–Crippen MR) is 33.8 cm³/mol. The van der Waals surface area contributed by atoms with Gasteiger partial charge in [-0.3, -0.25) is 4.79 Å². The van der Waals surface area contributed by atoms with Crippen LogP contribution in [-0.2, 0) is 4.79 Å². The Balaban J connectivity index is 3.24. The lowest BCUT2D eigenvalue weighted by Crippen LogP contribution is -2.23. The van der Waals surface area contributed by atoms with Gasteiger partial charge in [-0.25, -0.2) is 0 Å². The highest BCUT2D eigenvalue weighted by Crippen LogP contribution is 1.88. The molecule has 0 saturated heterocycles. The molecule has 0 fully saturated rings. The van der Waals surface area contributed by atoms with Gasteiger partial charge in [-0.2, -0.15) is 0 Å². The highest BCUT2D eigenvalue weighted by atomic mass is 16.1. The fraction of sp³-hybridized carbons (Fsp3) is 0.833. The monoisotopic (exact) mass is 115 g/mol. The van der Waals surface area contributed by atoms with E-state index in [2.05, 4.69) is 5.32 Å². The molecule has 0 saturated carbocycles. The lowest BCUT2D eigenvalue weighted by atomic mass is 10.2. The first-order valence-corrected chi connectivity index (χ1v) is 2.83. The molecule has 0 amide bonds. The average molecular weight is 115 g/mol. The zero-order valence-corrected chi connectivity index (χ0v) is 5.69. The first kappa shape index (κ1) is 7.63. The van der Waals surface area contributed by atoms with Crippen LogP contribution in [0.5, 0.6) is 0 Å². The molecule has 0 aromatic heterocycles. The van der Waals surface area contributed by atoms with E-state index >= 15 is 0 Å². The van der Waals surface area contributed by atoms with E-state index in [4.69, 9.17) is 0 Å². The third kappa shape index (κ3) is 3.81. The summed E-state index contributed by atoms with van der Waals surface area (Å²) < 4.78 is 0. The Morgan fingerprint density at radius 1 is 1.75 bits per heavy atom. The number of carbonyl (C=O) groups excluding carboxylic acids is 1. The number of nitrogens with one attached hydrogen (secondary N) is 1. The van der Waals surface area contributed by atoms with Crippen LogP contribution in [0.15, 0.2) is 0 Å². The van der Waals surface area contributed by atoms with Crippen molar-refractivity contribution in [1.82, 2.24) is 5.32 Å². The van der Waals surface area contributed by atoms with Gasteiger partial charge < -0.3 is 5.32 Å². The molecular formula is C6H13NO. The minimum atomic E-state index is 0.242. The average Bonchev–Trinajstić information content (AvgIpc) is 1.65. The van der Waals surface area contributed by atoms with Crippen LogP contribution < -0.4 is 5.32 Å². The molecule has 0 aromatic rings. The largest absolute Gasteiger partial charge is 0.317 e. The van der Waals surface area contributed by atoms with Crippen LogP contribution >= 0.6 is 0 Å². The van der Waals surface area contributed by atoms with E-state index in [1.54, 1.807) is 6.92 Å². The van der Waals surface area contributed by atoms with Gasteiger partial charge in [0, 0.05) is 12.5 Å². The van der Waals surface area contributed by atoms with Crippen molar-refractivity contribution in [1.29, 1.82) is 0 Å². The highest BCUT2D eigenvalue weighted by Gasteiger charge is 1.99. The van der Waals surface area contributed by atoms with E-state index in [0.717, 1.165) is 0 Å². The zero-order valence-electron chi connectivity index (χ0n) is 5.69. The summed E-state index contributed by atoms with van der Waals surface area (Å²) in [6.07, 6.45) is 0.635. The van der Waals surface area contributed by atoms with Crippen LogP contribution in [0.2, 0.25) is 0 Å². The van der Waals surface area contributed by atoms with Crippen molar-refractivity contribution in [2.75, 3.05) is 7.05 Å². The van der Waals surface area contributed by atoms with Gasteiger partial charge in [0.05, 0.1) is 0 Å². The molecule has 0 aliphatic carbocycles. The fourth-order valence-electron chi connectivity index (χ4n) is 0.533. The molecule has 0 bridgehead atoms. The number of hydrogen-bond acceptors (Lipinski definition) is 2. The summed E-state index contributed by atoms with van der Waals surface area (Å²) in [5.41, 5.74) is 0. The first-order valence-electron chi connectivity index (χ1n) is 2.83. The van der Waals surface area contributed by atoms with Crippen LogP contribution in [0, 0.1) is 0 Å². The minimum Gasteiger partial charge on any atom is -0.317 e. The third-order valence-corrected chi connectivity index (χ3v) is 1.09. The Kier molecular flexibility index (Phi) is 3.44. The highest BCUT2D eigenvalue weighted by molar-refractivity contribution is 5.76. The number of carbonyl (C=O) groups is 1. The normalized spacial score (nSPS) is 13.4. The van der Waals surface area contributed by atoms with Crippen molar-refractivity contribution in [3.8, 4) is 0 Å². The van der Waals surface area contributed by atoms with Gasteiger partial charge >= 0.3 is 0 Å². The van der Waals surface area contributed by atoms with Crippen LogP contribution in [0.4, 0.5) is 0 Å². The SMILES string of the molecule is CN[C@@H](C)CC(C)=O. The Morgan fingerprint density at radius 2 is 2.25 bits per heavy atom. The van der Waals surface area contributed by atoms with Gasteiger partial charge in [0.15, 0.2) is 0 Å². The van der Waals surface area contributed by atoms with Gasteiger partial charge in [-0.15, -0.1) is 0 Å². The number of Topliss-reactive ketones (excluding diaryl/α,β-unsaturated/α-hetero) is 1. The summed E-state index contributed by atoms with van der Waals surface area (Å²) >= 11 is 0.